The van der Waals surface area contributed by atoms with Crippen molar-refractivity contribution in [1.82, 2.24) is 5.32 Å². The Morgan fingerprint density at radius 3 is 2.78 bits per heavy atom. The summed E-state index contributed by atoms with van der Waals surface area (Å²) in [4.78, 5) is 0. The Labute approximate surface area is 171 Å². The highest BCUT2D eigenvalue weighted by atomic mass is 79.9. The van der Waals surface area contributed by atoms with Gasteiger partial charge >= 0.3 is 0 Å². The lowest BCUT2D eigenvalue weighted by Gasteiger charge is -2.15. The molecule has 0 aliphatic carbocycles. The molecule has 2 aromatic rings. The van der Waals surface area contributed by atoms with Gasteiger partial charge in [0, 0.05) is 18.7 Å². The number of aliphatic hydroxyl groups is 1. The van der Waals surface area contributed by atoms with Gasteiger partial charge in [0.15, 0.2) is 11.5 Å². The van der Waals surface area contributed by atoms with Crippen molar-refractivity contribution in [1.29, 1.82) is 0 Å². The standard InChI is InChI=1S/C19H22BrClFNO4/c1-25-18-10-13(11-23-5-7-26-8-6-24)9-15(20)19(18)27-12-14-16(21)3-2-4-17(14)22/h2-4,9-10,23-24H,5-8,11-12H2,1H3. The van der Waals surface area contributed by atoms with Crippen LogP contribution in [0.25, 0.3) is 0 Å². The zero-order valence-corrected chi connectivity index (χ0v) is 17.3. The summed E-state index contributed by atoms with van der Waals surface area (Å²) in [7, 11) is 1.55. The maximum Gasteiger partial charge on any atom is 0.175 e. The number of methoxy groups -OCH3 is 1. The highest BCUT2D eigenvalue weighted by molar-refractivity contribution is 9.10. The van der Waals surface area contributed by atoms with E-state index >= 15 is 0 Å². The number of aliphatic hydroxyl groups excluding tert-OH is 1. The molecule has 0 aromatic heterocycles. The summed E-state index contributed by atoms with van der Waals surface area (Å²) in [6.45, 7) is 2.12. The second-order valence-electron chi connectivity index (χ2n) is 5.61. The van der Waals surface area contributed by atoms with Crippen LogP contribution in [-0.4, -0.2) is 38.6 Å². The lowest BCUT2D eigenvalue weighted by Crippen LogP contribution is -2.20. The SMILES string of the molecule is COc1cc(CNCCOCCO)cc(Br)c1OCc1c(F)cccc1Cl. The van der Waals surface area contributed by atoms with E-state index in [9.17, 15) is 4.39 Å². The summed E-state index contributed by atoms with van der Waals surface area (Å²) < 4.78 is 31.0. The van der Waals surface area contributed by atoms with Gasteiger partial charge in [-0.3, -0.25) is 0 Å². The number of hydrogen-bond acceptors (Lipinski definition) is 5. The van der Waals surface area contributed by atoms with Crippen LogP contribution < -0.4 is 14.8 Å². The third-order valence-corrected chi connectivity index (χ3v) is 4.64. The number of nitrogens with one attached hydrogen (secondary N) is 1. The summed E-state index contributed by atoms with van der Waals surface area (Å²) in [5, 5.41) is 12.2. The van der Waals surface area contributed by atoms with E-state index in [1.54, 1.807) is 19.2 Å². The molecule has 0 radical (unpaired) electrons. The Kier molecular flexibility index (Phi) is 9.30. The summed E-state index contributed by atoms with van der Waals surface area (Å²) in [6, 6.07) is 8.27. The van der Waals surface area contributed by atoms with E-state index < -0.39 is 5.82 Å². The van der Waals surface area contributed by atoms with Gasteiger partial charge in [0.1, 0.15) is 12.4 Å². The van der Waals surface area contributed by atoms with Crippen molar-refractivity contribution in [2.24, 2.45) is 0 Å². The van der Waals surface area contributed by atoms with E-state index in [1.807, 2.05) is 12.1 Å². The van der Waals surface area contributed by atoms with Crippen LogP contribution in [0.3, 0.4) is 0 Å². The van der Waals surface area contributed by atoms with Gasteiger partial charge in [-0.15, -0.1) is 0 Å². The molecule has 0 amide bonds. The first-order valence-electron chi connectivity index (χ1n) is 8.38. The van der Waals surface area contributed by atoms with Crippen molar-refractivity contribution in [3.05, 3.63) is 56.8 Å². The average Bonchev–Trinajstić information content (AvgIpc) is 2.65. The fourth-order valence-corrected chi connectivity index (χ4v) is 3.20. The summed E-state index contributed by atoms with van der Waals surface area (Å²) >= 11 is 9.52. The quantitative estimate of drug-likeness (QED) is 0.496. The van der Waals surface area contributed by atoms with Crippen LogP contribution in [0.1, 0.15) is 11.1 Å². The third-order valence-electron chi connectivity index (χ3n) is 3.70. The monoisotopic (exact) mass is 461 g/mol. The third kappa shape index (κ3) is 6.62. The molecule has 0 aliphatic heterocycles. The Balaban J connectivity index is 2.01. The van der Waals surface area contributed by atoms with Crippen LogP contribution in [0.4, 0.5) is 4.39 Å². The number of rotatable bonds is 11. The van der Waals surface area contributed by atoms with Gasteiger partial charge in [0.05, 0.1) is 36.4 Å². The lowest BCUT2D eigenvalue weighted by atomic mass is 10.2. The molecule has 0 fully saturated rings. The molecule has 0 spiro atoms. The predicted molar refractivity (Wildman–Crippen MR) is 106 cm³/mol. The van der Waals surface area contributed by atoms with Gasteiger partial charge in [-0.05, 0) is 45.8 Å². The second-order valence-corrected chi connectivity index (χ2v) is 6.87. The van der Waals surface area contributed by atoms with E-state index in [0.29, 0.717) is 52.9 Å². The van der Waals surface area contributed by atoms with Crippen molar-refractivity contribution in [2.45, 2.75) is 13.2 Å². The van der Waals surface area contributed by atoms with Crippen molar-refractivity contribution in [2.75, 3.05) is 33.5 Å². The van der Waals surface area contributed by atoms with E-state index in [-0.39, 0.29) is 13.2 Å². The molecule has 5 nitrogen and oxygen atoms in total. The second kappa shape index (κ2) is 11.5. The molecule has 2 N–H and O–H groups in total. The zero-order chi connectivity index (χ0) is 19.6. The van der Waals surface area contributed by atoms with Gasteiger partial charge in [0.2, 0.25) is 0 Å². The van der Waals surface area contributed by atoms with Gasteiger partial charge in [-0.1, -0.05) is 17.7 Å². The minimum Gasteiger partial charge on any atom is -0.493 e. The topological polar surface area (TPSA) is 60.0 Å². The van der Waals surface area contributed by atoms with Gasteiger partial charge < -0.3 is 24.6 Å². The fraction of sp³-hybridized carbons (Fsp3) is 0.368. The van der Waals surface area contributed by atoms with E-state index in [4.69, 9.17) is 30.9 Å². The molecule has 0 heterocycles. The number of halogens is 3. The molecule has 27 heavy (non-hydrogen) atoms. The van der Waals surface area contributed by atoms with Crippen LogP contribution in [0.15, 0.2) is 34.8 Å². The molecule has 0 saturated heterocycles. The summed E-state index contributed by atoms with van der Waals surface area (Å²) in [6.07, 6.45) is 0. The largest absolute Gasteiger partial charge is 0.493 e. The normalized spacial score (nSPS) is 10.9. The zero-order valence-electron chi connectivity index (χ0n) is 14.9. The van der Waals surface area contributed by atoms with E-state index in [2.05, 4.69) is 21.2 Å². The van der Waals surface area contributed by atoms with Crippen LogP contribution >= 0.6 is 27.5 Å². The Hall–Kier alpha value is -1.38. The van der Waals surface area contributed by atoms with Gasteiger partial charge in [0.25, 0.3) is 0 Å². The fourth-order valence-electron chi connectivity index (χ4n) is 2.37. The van der Waals surface area contributed by atoms with E-state index in [0.717, 1.165) is 5.56 Å². The van der Waals surface area contributed by atoms with Gasteiger partial charge in [-0.25, -0.2) is 4.39 Å². The van der Waals surface area contributed by atoms with Crippen LogP contribution in [0.2, 0.25) is 5.02 Å². The number of ether oxygens (including phenoxy) is 3. The first-order chi connectivity index (χ1) is 13.1. The Bertz CT molecular complexity index is 728. The highest BCUT2D eigenvalue weighted by Crippen LogP contribution is 2.37. The predicted octanol–water partition coefficient (Wildman–Crippen LogP) is 3.93. The summed E-state index contributed by atoms with van der Waals surface area (Å²) in [5.41, 5.74) is 1.28. The first kappa shape index (κ1) is 21.9. The minimum absolute atomic E-state index is 0.0136. The molecule has 0 atom stereocenters. The molecule has 0 unspecified atom stereocenters. The number of hydrogen-bond donors (Lipinski definition) is 2. The van der Waals surface area contributed by atoms with Crippen LogP contribution in [0.5, 0.6) is 11.5 Å². The number of benzene rings is 2. The molecule has 0 bridgehead atoms. The van der Waals surface area contributed by atoms with Crippen molar-refractivity contribution >= 4 is 27.5 Å². The average molecular weight is 463 g/mol. The maximum atomic E-state index is 13.9. The van der Waals surface area contributed by atoms with Crippen LogP contribution in [-0.2, 0) is 17.9 Å². The smallest absolute Gasteiger partial charge is 0.175 e. The highest BCUT2D eigenvalue weighted by Gasteiger charge is 2.14. The molecular weight excluding hydrogens is 441 g/mol. The Morgan fingerprint density at radius 1 is 1.26 bits per heavy atom. The van der Waals surface area contributed by atoms with Crippen molar-refractivity contribution in [3.8, 4) is 11.5 Å². The van der Waals surface area contributed by atoms with Gasteiger partial charge in [-0.2, -0.15) is 0 Å². The molecule has 8 heteroatoms. The molecule has 2 aromatic carbocycles. The molecular formula is C19H22BrClFNO4. The molecule has 148 valence electrons. The molecule has 2 rings (SSSR count). The van der Waals surface area contributed by atoms with Crippen molar-refractivity contribution in [3.63, 3.8) is 0 Å². The van der Waals surface area contributed by atoms with E-state index in [1.165, 1.54) is 6.07 Å². The lowest BCUT2D eigenvalue weighted by molar-refractivity contribution is 0.0938. The molecule has 0 aliphatic rings. The van der Waals surface area contributed by atoms with Crippen molar-refractivity contribution < 1.29 is 23.7 Å². The Morgan fingerprint density at radius 2 is 2.07 bits per heavy atom. The maximum absolute atomic E-state index is 13.9. The summed E-state index contributed by atoms with van der Waals surface area (Å²) in [5.74, 6) is 0.596. The minimum atomic E-state index is -0.415. The van der Waals surface area contributed by atoms with Crippen LogP contribution in [0, 0.1) is 5.82 Å². The molecule has 0 saturated carbocycles. The first-order valence-corrected chi connectivity index (χ1v) is 9.55.